The van der Waals surface area contributed by atoms with Crippen molar-refractivity contribution in [3.8, 4) is 0 Å². The lowest BCUT2D eigenvalue weighted by molar-refractivity contribution is 0.248. The van der Waals surface area contributed by atoms with Gasteiger partial charge in [-0.2, -0.15) is 0 Å². The molecule has 0 aromatic heterocycles. The second-order valence-electron chi connectivity index (χ2n) is 3.08. The first-order valence-corrected chi connectivity index (χ1v) is 3.99. The monoisotopic (exact) mass is 172 g/mol. The van der Waals surface area contributed by atoms with Gasteiger partial charge in [0.2, 0.25) is 0 Å². The van der Waals surface area contributed by atoms with E-state index in [4.69, 9.17) is 9.84 Å². The Balaban J connectivity index is 0. The zero-order chi connectivity index (χ0) is 10.1. The van der Waals surface area contributed by atoms with Crippen LogP contribution < -0.4 is 0 Å². The molecule has 0 atom stereocenters. The first-order chi connectivity index (χ1) is 5.40. The van der Waals surface area contributed by atoms with Gasteiger partial charge in [-0.15, -0.1) is 0 Å². The predicted octanol–water partition coefficient (Wildman–Crippen LogP) is 2.70. The fourth-order valence-corrected chi connectivity index (χ4v) is 0.297. The highest BCUT2D eigenvalue weighted by Crippen LogP contribution is 1.97. The summed E-state index contributed by atoms with van der Waals surface area (Å²) in [6, 6.07) is 0. The smallest absolute Gasteiger partial charge is 0.0933 e. The molecule has 0 bridgehead atoms. The minimum Gasteiger partial charge on any atom is -0.468 e. The zero-order valence-electron chi connectivity index (χ0n) is 8.55. The fraction of sp³-hybridized carbons (Fsp3) is 0.600. The van der Waals surface area contributed by atoms with Crippen LogP contribution in [0, 0.1) is 5.92 Å². The molecule has 0 aliphatic carbocycles. The number of hydrogen-bond acceptors (Lipinski definition) is 2. The summed E-state index contributed by atoms with van der Waals surface area (Å²) in [4.78, 5) is 0. The Morgan fingerprint density at radius 1 is 1.25 bits per heavy atom. The van der Waals surface area contributed by atoms with Gasteiger partial charge in [0.15, 0.2) is 0 Å². The average molecular weight is 172 g/mol. The highest BCUT2D eigenvalue weighted by atomic mass is 16.5. The Morgan fingerprint density at radius 2 is 1.50 bits per heavy atom. The number of rotatable bonds is 3. The van der Waals surface area contributed by atoms with E-state index in [0.717, 1.165) is 0 Å². The molecule has 0 aromatic rings. The van der Waals surface area contributed by atoms with E-state index in [9.17, 15) is 0 Å². The van der Waals surface area contributed by atoms with Crippen molar-refractivity contribution < 1.29 is 9.84 Å². The third-order valence-corrected chi connectivity index (χ3v) is 0.714. The number of aliphatic hydroxyl groups is 1. The van der Waals surface area contributed by atoms with Gasteiger partial charge in [-0.05, 0) is 19.8 Å². The van der Waals surface area contributed by atoms with Crippen molar-refractivity contribution in [1.82, 2.24) is 0 Å². The maximum atomic E-state index is 8.14. The molecular weight excluding hydrogens is 152 g/mol. The zero-order valence-corrected chi connectivity index (χ0v) is 8.55. The third kappa shape index (κ3) is 22.8. The van der Waals surface area contributed by atoms with Gasteiger partial charge in [-0.3, -0.25) is 0 Å². The van der Waals surface area contributed by atoms with E-state index in [1.54, 1.807) is 13.8 Å². The van der Waals surface area contributed by atoms with Crippen LogP contribution in [0.15, 0.2) is 24.7 Å². The molecule has 72 valence electrons. The summed E-state index contributed by atoms with van der Waals surface area (Å²) >= 11 is 0. The van der Waals surface area contributed by atoms with Gasteiger partial charge in [0, 0.05) is 6.61 Å². The summed E-state index contributed by atoms with van der Waals surface area (Å²) in [5, 5.41) is 8.14. The second kappa shape index (κ2) is 8.34. The van der Waals surface area contributed by atoms with Crippen LogP contribution in [0.1, 0.15) is 27.7 Å². The molecule has 1 N–H and O–H groups in total. The highest BCUT2D eigenvalue weighted by Gasteiger charge is 1.81. The molecule has 0 aliphatic heterocycles. The quantitative estimate of drug-likeness (QED) is 0.663. The summed E-state index contributed by atoms with van der Waals surface area (Å²) < 4.78 is 4.86. The lowest BCUT2D eigenvalue weighted by atomic mass is 10.2. The molecule has 0 aromatic carbocycles. The van der Waals surface area contributed by atoms with Crippen molar-refractivity contribution in [3.63, 3.8) is 0 Å². The Morgan fingerprint density at radius 3 is 1.50 bits per heavy atom. The standard InChI is InChI=1S/C6H10O.C4H10O/c1-5(2)7-6(3)4;1-4(2)3-5/h1,3H2,2,4H3;4-5H,3H2,1-2H3. The van der Waals surface area contributed by atoms with Crippen LogP contribution in [0.3, 0.4) is 0 Å². The van der Waals surface area contributed by atoms with E-state index in [1.165, 1.54) is 0 Å². The fourth-order valence-electron chi connectivity index (χ4n) is 0.297. The second-order valence-corrected chi connectivity index (χ2v) is 3.08. The average Bonchev–Trinajstić information content (AvgIpc) is 1.85. The van der Waals surface area contributed by atoms with Crippen LogP contribution in [0.2, 0.25) is 0 Å². The first-order valence-electron chi connectivity index (χ1n) is 3.99. The SMILES string of the molecule is C=C(C)OC(=C)C.CC(C)CO. The van der Waals surface area contributed by atoms with Crippen LogP contribution in [0.5, 0.6) is 0 Å². The number of allylic oxidation sites excluding steroid dienone is 2. The van der Waals surface area contributed by atoms with Crippen LogP contribution in [-0.2, 0) is 4.74 Å². The van der Waals surface area contributed by atoms with E-state index in [2.05, 4.69) is 13.2 Å². The highest BCUT2D eigenvalue weighted by molar-refractivity contribution is 4.85. The molecule has 0 saturated heterocycles. The van der Waals surface area contributed by atoms with Crippen molar-refractivity contribution in [2.45, 2.75) is 27.7 Å². The molecule has 0 unspecified atom stereocenters. The molecule has 2 nitrogen and oxygen atoms in total. The molecule has 12 heavy (non-hydrogen) atoms. The van der Waals surface area contributed by atoms with Gasteiger partial charge >= 0.3 is 0 Å². The van der Waals surface area contributed by atoms with Gasteiger partial charge in [-0.1, -0.05) is 27.0 Å². The van der Waals surface area contributed by atoms with Gasteiger partial charge in [0.05, 0.1) is 11.5 Å². The van der Waals surface area contributed by atoms with Crippen molar-refractivity contribution in [2.24, 2.45) is 5.92 Å². The molecule has 0 fully saturated rings. The maximum absolute atomic E-state index is 8.14. The van der Waals surface area contributed by atoms with Gasteiger partial charge < -0.3 is 9.84 Å². The summed E-state index contributed by atoms with van der Waals surface area (Å²) in [5.41, 5.74) is 0. The molecule has 0 radical (unpaired) electrons. The van der Waals surface area contributed by atoms with E-state index in [0.29, 0.717) is 24.0 Å². The van der Waals surface area contributed by atoms with Crippen LogP contribution >= 0.6 is 0 Å². The van der Waals surface area contributed by atoms with E-state index >= 15 is 0 Å². The number of aliphatic hydroxyl groups excluding tert-OH is 1. The molecule has 0 spiro atoms. The molecule has 0 rings (SSSR count). The molecule has 0 amide bonds. The Labute approximate surface area is 75.6 Å². The van der Waals surface area contributed by atoms with Crippen molar-refractivity contribution in [1.29, 1.82) is 0 Å². The molecule has 0 heterocycles. The lowest BCUT2D eigenvalue weighted by Gasteiger charge is -1.99. The summed E-state index contributed by atoms with van der Waals surface area (Å²) in [6.45, 7) is 14.8. The number of ether oxygens (including phenoxy) is 1. The van der Waals surface area contributed by atoms with E-state index in [-0.39, 0.29) is 0 Å². The molecule has 0 saturated carbocycles. The summed E-state index contributed by atoms with van der Waals surface area (Å²) in [6.07, 6.45) is 0. The van der Waals surface area contributed by atoms with E-state index in [1.807, 2.05) is 13.8 Å². The normalized spacial score (nSPS) is 8.50. The maximum Gasteiger partial charge on any atom is 0.0933 e. The van der Waals surface area contributed by atoms with Crippen molar-refractivity contribution in [3.05, 3.63) is 24.7 Å². The molecule has 2 heteroatoms. The third-order valence-electron chi connectivity index (χ3n) is 0.714. The largest absolute Gasteiger partial charge is 0.468 e. The van der Waals surface area contributed by atoms with Crippen LogP contribution in [0.25, 0.3) is 0 Å². The molecule has 0 aliphatic rings. The molecular formula is C10H20O2. The Kier molecular flexibility index (Phi) is 9.59. The summed E-state index contributed by atoms with van der Waals surface area (Å²) in [7, 11) is 0. The number of hydrogen-bond donors (Lipinski definition) is 1. The van der Waals surface area contributed by atoms with Gasteiger partial charge in [0.25, 0.3) is 0 Å². The minimum atomic E-state index is 0.306. The van der Waals surface area contributed by atoms with Crippen LogP contribution in [-0.4, -0.2) is 11.7 Å². The van der Waals surface area contributed by atoms with Crippen LogP contribution in [0.4, 0.5) is 0 Å². The van der Waals surface area contributed by atoms with Crippen molar-refractivity contribution >= 4 is 0 Å². The Hall–Kier alpha value is -0.760. The van der Waals surface area contributed by atoms with Crippen molar-refractivity contribution in [2.75, 3.05) is 6.61 Å². The minimum absolute atomic E-state index is 0.306. The lowest BCUT2D eigenvalue weighted by Crippen LogP contribution is -1.90. The topological polar surface area (TPSA) is 29.5 Å². The predicted molar refractivity (Wildman–Crippen MR) is 52.6 cm³/mol. The van der Waals surface area contributed by atoms with Gasteiger partial charge in [-0.25, -0.2) is 0 Å². The first kappa shape index (κ1) is 13.8. The van der Waals surface area contributed by atoms with E-state index < -0.39 is 0 Å². The summed E-state index contributed by atoms with van der Waals surface area (Å²) in [5.74, 6) is 1.81. The van der Waals surface area contributed by atoms with Gasteiger partial charge in [0.1, 0.15) is 0 Å². The Bertz CT molecular complexity index is 125.